The summed E-state index contributed by atoms with van der Waals surface area (Å²) in [6, 6.07) is 17.9. The van der Waals surface area contributed by atoms with Crippen molar-refractivity contribution in [2.24, 2.45) is 5.92 Å². The van der Waals surface area contributed by atoms with E-state index in [-0.39, 0.29) is 11.9 Å². The molecule has 2 atom stereocenters. The van der Waals surface area contributed by atoms with Gasteiger partial charge in [0.2, 0.25) is 0 Å². The largest absolute Gasteiger partial charge is 0.450 e. The highest BCUT2D eigenvalue weighted by atomic mass is 16.6. The maximum atomic E-state index is 12.6. The Kier molecular flexibility index (Phi) is 4.22. The van der Waals surface area contributed by atoms with Crippen LogP contribution in [0.1, 0.15) is 28.4 Å². The molecule has 0 bridgehead atoms. The number of esters is 1. The minimum absolute atomic E-state index is 0.178. The van der Waals surface area contributed by atoms with Gasteiger partial charge in [-0.05, 0) is 31.3 Å². The zero-order chi connectivity index (χ0) is 16.4. The van der Waals surface area contributed by atoms with Gasteiger partial charge < -0.3 is 9.64 Å². The Hall–Kier alpha value is -2.13. The van der Waals surface area contributed by atoms with Gasteiger partial charge in [0.05, 0.1) is 5.56 Å². The number of hydrogen-bond donors (Lipinski definition) is 0. The van der Waals surface area contributed by atoms with E-state index < -0.39 is 5.60 Å². The standard InChI is InChI=1S/C20H23NO2/c1-15(14-21(2)3)20(17-10-5-4-6-11-17)13-16-9-7-8-12-18(16)19(22)23-20/h4-12,15H,13-14H2,1-3H3. The summed E-state index contributed by atoms with van der Waals surface area (Å²) in [4.78, 5) is 14.8. The highest BCUT2D eigenvalue weighted by Gasteiger charge is 2.46. The summed E-state index contributed by atoms with van der Waals surface area (Å²) in [5.41, 5.74) is 2.21. The summed E-state index contributed by atoms with van der Waals surface area (Å²) in [6.45, 7) is 3.01. The van der Waals surface area contributed by atoms with Gasteiger partial charge in [-0.2, -0.15) is 0 Å². The van der Waals surface area contributed by atoms with E-state index in [2.05, 4.69) is 24.0 Å². The van der Waals surface area contributed by atoms with Crippen molar-refractivity contribution < 1.29 is 9.53 Å². The molecule has 0 saturated heterocycles. The van der Waals surface area contributed by atoms with Crippen molar-refractivity contribution in [3.8, 4) is 0 Å². The molecule has 0 fully saturated rings. The number of ether oxygens (including phenoxy) is 1. The molecule has 0 radical (unpaired) electrons. The molecule has 0 saturated carbocycles. The minimum atomic E-state index is -0.614. The van der Waals surface area contributed by atoms with Crippen LogP contribution in [0.3, 0.4) is 0 Å². The highest BCUT2D eigenvalue weighted by Crippen LogP contribution is 2.42. The molecule has 3 nitrogen and oxygen atoms in total. The van der Waals surface area contributed by atoms with Gasteiger partial charge in [0, 0.05) is 18.9 Å². The molecule has 1 aliphatic heterocycles. The van der Waals surface area contributed by atoms with Gasteiger partial charge in [0.15, 0.2) is 0 Å². The molecule has 0 N–H and O–H groups in total. The number of rotatable bonds is 4. The van der Waals surface area contributed by atoms with Gasteiger partial charge in [0.25, 0.3) is 0 Å². The van der Waals surface area contributed by atoms with Gasteiger partial charge in [-0.25, -0.2) is 4.79 Å². The smallest absolute Gasteiger partial charge is 0.339 e. The third-order valence-corrected chi connectivity index (χ3v) is 4.66. The molecule has 3 rings (SSSR count). The SMILES string of the molecule is CC(CN(C)C)C1(c2ccccc2)Cc2ccccc2C(=O)O1. The van der Waals surface area contributed by atoms with Crippen molar-refractivity contribution in [3.63, 3.8) is 0 Å². The highest BCUT2D eigenvalue weighted by molar-refractivity contribution is 5.92. The number of nitrogens with zero attached hydrogens (tertiary/aromatic N) is 1. The lowest BCUT2D eigenvalue weighted by molar-refractivity contribution is -0.0632. The Labute approximate surface area is 137 Å². The van der Waals surface area contributed by atoms with Crippen LogP contribution >= 0.6 is 0 Å². The predicted octanol–water partition coefficient (Wildman–Crippen LogP) is 3.49. The Morgan fingerprint density at radius 3 is 2.43 bits per heavy atom. The fraction of sp³-hybridized carbons (Fsp3) is 0.350. The molecule has 23 heavy (non-hydrogen) atoms. The predicted molar refractivity (Wildman–Crippen MR) is 91.4 cm³/mol. The van der Waals surface area contributed by atoms with Crippen LogP contribution in [0.5, 0.6) is 0 Å². The Morgan fingerprint density at radius 2 is 1.74 bits per heavy atom. The van der Waals surface area contributed by atoms with Gasteiger partial charge in [-0.15, -0.1) is 0 Å². The Balaban J connectivity index is 2.09. The van der Waals surface area contributed by atoms with Crippen molar-refractivity contribution in [2.45, 2.75) is 18.9 Å². The van der Waals surface area contributed by atoms with Crippen LogP contribution in [0.25, 0.3) is 0 Å². The third kappa shape index (κ3) is 2.89. The van der Waals surface area contributed by atoms with Gasteiger partial charge in [-0.1, -0.05) is 55.5 Å². The maximum absolute atomic E-state index is 12.6. The van der Waals surface area contributed by atoms with E-state index >= 15 is 0 Å². The average molecular weight is 309 g/mol. The van der Waals surface area contributed by atoms with E-state index in [9.17, 15) is 4.79 Å². The Bertz CT molecular complexity index is 696. The maximum Gasteiger partial charge on any atom is 0.339 e. The topological polar surface area (TPSA) is 29.5 Å². The van der Waals surface area contributed by atoms with Gasteiger partial charge >= 0.3 is 5.97 Å². The van der Waals surface area contributed by atoms with Gasteiger partial charge in [-0.3, -0.25) is 0 Å². The second-order valence-electron chi connectivity index (χ2n) is 6.64. The van der Waals surface area contributed by atoms with E-state index in [1.807, 2.05) is 56.6 Å². The first-order valence-corrected chi connectivity index (χ1v) is 8.04. The number of benzene rings is 2. The fourth-order valence-electron chi connectivity index (χ4n) is 3.55. The van der Waals surface area contributed by atoms with Crippen molar-refractivity contribution >= 4 is 5.97 Å². The summed E-state index contributed by atoms with van der Waals surface area (Å²) >= 11 is 0. The summed E-state index contributed by atoms with van der Waals surface area (Å²) in [5.74, 6) is -0.0430. The monoisotopic (exact) mass is 309 g/mol. The van der Waals surface area contributed by atoms with Crippen molar-refractivity contribution in [1.82, 2.24) is 4.90 Å². The zero-order valence-electron chi connectivity index (χ0n) is 14.0. The second kappa shape index (κ2) is 6.17. The third-order valence-electron chi connectivity index (χ3n) is 4.66. The first-order valence-electron chi connectivity index (χ1n) is 8.04. The molecule has 1 aliphatic rings. The van der Waals surface area contributed by atoms with E-state index in [0.29, 0.717) is 12.0 Å². The quantitative estimate of drug-likeness (QED) is 0.810. The van der Waals surface area contributed by atoms with Gasteiger partial charge in [0.1, 0.15) is 5.60 Å². The number of cyclic esters (lactones) is 1. The zero-order valence-corrected chi connectivity index (χ0v) is 14.0. The van der Waals surface area contributed by atoms with E-state index in [1.165, 1.54) is 0 Å². The molecular formula is C20H23NO2. The summed E-state index contributed by atoms with van der Waals surface area (Å²) in [7, 11) is 4.10. The molecule has 0 spiro atoms. The molecular weight excluding hydrogens is 286 g/mol. The molecule has 0 amide bonds. The molecule has 1 heterocycles. The molecule has 2 unspecified atom stereocenters. The van der Waals surface area contributed by atoms with Crippen molar-refractivity contribution in [3.05, 3.63) is 71.3 Å². The number of fused-ring (bicyclic) bond motifs is 1. The van der Waals surface area contributed by atoms with E-state index in [4.69, 9.17) is 4.74 Å². The summed E-state index contributed by atoms with van der Waals surface area (Å²) in [6.07, 6.45) is 0.716. The van der Waals surface area contributed by atoms with Crippen LogP contribution < -0.4 is 0 Å². The van der Waals surface area contributed by atoms with E-state index in [1.54, 1.807) is 0 Å². The molecule has 0 aliphatic carbocycles. The first kappa shape index (κ1) is 15.8. The molecule has 120 valence electrons. The summed E-state index contributed by atoms with van der Waals surface area (Å²) in [5, 5.41) is 0. The van der Waals surface area contributed by atoms with Crippen LogP contribution in [0.2, 0.25) is 0 Å². The first-order chi connectivity index (χ1) is 11.0. The number of hydrogen-bond acceptors (Lipinski definition) is 3. The summed E-state index contributed by atoms with van der Waals surface area (Å²) < 4.78 is 6.08. The molecule has 2 aromatic rings. The fourth-order valence-corrected chi connectivity index (χ4v) is 3.55. The number of carbonyl (C=O) groups excluding carboxylic acids is 1. The molecule has 2 aromatic carbocycles. The average Bonchev–Trinajstić information content (AvgIpc) is 2.55. The normalized spacial score (nSPS) is 21.7. The molecule has 3 heteroatoms. The lowest BCUT2D eigenvalue weighted by atomic mass is 9.75. The van der Waals surface area contributed by atoms with Crippen LogP contribution in [0, 0.1) is 5.92 Å². The van der Waals surface area contributed by atoms with Crippen LogP contribution in [-0.4, -0.2) is 31.5 Å². The van der Waals surface area contributed by atoms with Crippen molar-refractivity contribution in [2.75, 3.05) is 20.6 Å². The second-order valence-corrected chi connectivity index (χ2v) is 6.64. The van der Waals surface area contributed by atoms with Crippen LogP contribution in [0.4, 0.5) is 0 Å². The number of carbonyl (C=O) groups is 1. The van der Waals surface area contributed by atoms with E-state index in [0.717, 1.165) is 17.7 Å². The van der Waals surface area contributed by atoms with Crippen LogP contribution in [0.15, 0.2) is 54.6 Å². The lowest BCUT2D eigenvalue weighted by Gasteiger charge is -2.43. The Morgan fingerprint density at radius 1 is 1.09 bits per heavy atom. The minimum Gasteiger partial charge on any atom is -0.450 e. The lowest BCUT2D eigenvalue weighted by Crippen LogP contribution is -2.47. The van der Waals surface area contributed by atoms with Crippen LogP contribution in [-0.2, 0) is 16.8 Å². The molecule has 0 aromatic heterocycles. The van der Waals surface area contributed by atoms with Crippen molar-refractivity contribution in [1.29, 1.82) is 0 Å².